The summed E-state index contributed by atoms with van der Waals surface area (Å²) in [6.45, 7) is 0. The van der Waals surface area contributed by atoms with Crippen LogP contribution in [0.15, 0.2) is 72.8 Å². The predicted molar refractivity (Wildman–Crippen MR) is 128 cm³/mol. The van der Waals surface area contributed by atoms with Crippen LogP contribution >= 0.6 is 23.8 Å². The highest BCUT2D eigenvalue weighted by atomic mass is 35.5. The summed E-state index contributed by atoms with van der Waals surface area (Å²) in [5, 5.41) is 10.1. The number of hydrogen-bond acceptors (Lipinski definition) is 3. The van der Waals surface area contributed by atoms with E-state index in [2.05, 4.69) is 16.0 Å². The molecule has 0 saturated carbocycles. The average molecular weight is 468 g/mol. The minimum absolute atomic E-state index is 0.186. The summed E-state index contributed by atoms with van der Waals surface area (Å²) in [5.41, 5.74) is 3.57. The minimum Gasteiger partial charge on any atom is -0.496 e. The first-order valence-electron chi connectivity index (χ1n) is 9.73. The van der Waals surface area contributed by atoms with Gasteiger partial charge in [-0.05, 0) is 71.9 Å². The number of carbonyl (C=O) groups excluding carboxylic acids is 1. The van der Waals surface area contributed by atoms with E-state index < -0.39 is 0 Å². The molecule has 162 valence electrons. The highest BCUT2D eigenvalue weighted by molar-refractivity contribution is 7.80. The zero-order chi connectivity index (χ0) is 22.7. The van der Waals surface area contributed by atoms with Crippen molar-refractivity contribution in [3.05, 3.63) is 100 Å². The maximum absolute atomic E-state index is 13.3. The number of thiocarbonyl (C=S) groups is 1. The van der Waals surface area contributed by atoms with Crippen molar-refractivity contribution in [1.29, 1.82) is 0 Å². The molecule has 0 saturated heterocycles. The molecule has 3 aromatic carbocycles. The normalized spacial score (nSPS) is 15.3. The van der Waals surface area contributed by atoms with Gasteiger partial charge in [0, 0.05) is 16.4 Å². The lowest BCUT2D eigenvalue weighted by Crippen LogP contribution is -2.40. The number of ether oxygens (including phenoxy) is 1. The van der Waals surface area contributed by atoms with Crippen molar-refractivity contribution in [2.75, 3.05) is 12.4 Å². The second-order valence-electron chi connectivity index (χ2n) is 7.08. The lowest BCUT2D eigenvalue weighted by molar-refractivity contribution is 0.102. The van der Waals surface area contributed by atoms with E-state index in [-0.39, 0.29) is 17.8 Å². The number of carbonyl (C=O) groups is 1. The van der Waals surface area contributed by atoms with Crippen LogP contribution in [0.2, 0.25) is 5.02 Å². The van der Waals surface area contributed by atoms with E-state index >= 15 is 0 Å². The molecular formula is C24H19ClFN3O2S. The van der Waals surface area contributed by atoms with E-state index in [1.54, 1.807) is 42.5 Å². The van der Waals surface area contributed by atoms with Gasteiger partial charge in [-0.25, -0.2) is 4.39 Å². The van der Waals surface area contributed by atoms with Crippen LogP contribution in [0.5, 0.6) is 5.75 Å². The van der Waals surface area contributed by atoms with Crippen molar-refractivity contribution in [3.8, 4) is 5.75 Å². The molecule has 1 aliphatic rings. The summed E-state index contributed by atoms with van der Waals surface area (Å²) in [6, 6.07) is 18.3. The molecule has 1 atom stereocenters. The number of nitrogens with one attached hydrogen (secondary N) is 3. The Hall–Kier alpha value is -3.42. The highest BCUT2D eigenvalue weighted by Gasteiger charge is 2.19. The Morgan fingerprint density at radius 1 is 1.09 bits per heavy atom. The molecule has 4 rings (SSSR count). The molecule has 3 N–H and O–H groups in total. The van der Waals surface area contributed by atoms with Crippen LogP contribution in [-0.4, -0.2) is 18.1 Å². The monoisotopic (exact) mass is 467 g/mol. The third-order valence-corrected chi connectivity index (χ3v) is 5.41. The lowest BCUT2D eigenvalue weighted by Gasteiger charge is -2.26. The molecule has 0 bridgehead atoms. The second kappa shape index (κ2) is 9.38. The van der Waals surface area contributed by atoms with Crippen LogP contribution in [0.25, 0.3) is 5.70 Å². The number of amides is 1. The third kappa shape index (κ3) is 4.90. The minimum atomic E-state index is -0.325. The highest BCUT2D eigenvalue weighted by Crippen LogP contribution is 2.26. The molecule has 1 aliphatic heterocycles. The van der Waals surface area contributed by atoms with E-state index in [4.69, 9.17) is 28.6 Å². The standard InChI is InChI=1S/C24H19ClFN3O2S/c1-31-22-11-6-16(25)12-19(22)23(30)27-18-9-4-15(5-10-18)21-13-20(28-24(32)29-21)14-2-7-17(26)8-3-14/h2-13,20H,1H3,(H,27,30)(H2,28,29,32). The Morgan fingerprint density at radius 2 is 1.81 bits per heavy atom. The van der Waals surface area contributed by atoms with Gasteiger partial charge in [0.25, 0.3) is 5.91 Å². The molecule has 5 nitrogen and oxygen atoms in total. The maximum atomic E-state index is 13.3. The first-order chi connectivity index (χ1) is 15.4. The van der Waals surface area contributed by atoms with Crippen molar-refractivity contribution in [1.82, 2.24) is 10.6 Å². The summed E-state index contributed by atoms with van der Waals surface area (Å²) in [7, 11) is 1.50. The topological polar surface area (TPSA) is 62.4 Å². The summed E-state index contributed by atoms with van der Waals surface area (Å²) in [4.78, 5) is 12.7. The quantitative estimate of drug-likeness (QED) is 0.444. The molecule has 8 heteroatoms. The van der Waals surface area contributed by atoms with E-state index in [1.807, 2.05) is 18.2 Å². The molecule has 1 unspecified atom stereocenters. The Kier molecular flexibility index (Phi) is 6.39. The van der Waals surface area contributed by atoms with Crippen LogP contribution in [0.1, 0.15) is 27.5 Å². The van der Waals surface area contributed by atoms with Gasteiger partial charge in [-0.3, -0.25) is 4.79 Å². The molecule has 0 spiro atoms. The smallest absolute Gasteiger partial charge is 0.259 e. The predicted octanol–water partition coefficient (Wildman–Crippen LogP) is 5.30. The largest absolute Gasteiger partial charge is 0.496 e. The first kappa shape index (κ1) is 21.8. The molecule has 0 radical (unpaired) electrons. The number of rotatable bonds is 5. The molecule has 3 aromatic rings. The van der Waals surface area contributed by atoms with Gasteiger partial charge >= 0.3 is 0 Å². The maximum Gasteiger partial charge on any atom is 0.259 e. The SMILES string of the molecule is COc1ccc(Cl)cc1C(=O)Nc1ccc(C2=CC(c3ccc(F)cc3)NC(=S)N2)cc1. The van der Waals surface area contributed by atoms with Crippen LogP contribution in [0.3, 0.4) is 0 Å². The Balaban J connectivity index is 1.53. The number of methoxy groups -OCH3 is 1. The fourth-order valence-corrected chi connectivity index (χ4v) is 3.77. The molecular weight excluding hydrogens is 449 g/mol. The first-order valence-corrected chi connectivity index (χ1v) is 10.5. The van der Waals surface area contributed by atoms with Crippen LogP contribution in [0.4, 0.5) is 10.1 Å². The van der Waals surface area contributed by atoms with Crippen LogP contribution in [0, 0.1) is 5.82 Å². The number of benzene rings is 3. The van der Waals surface area contributed by atoms with Crippen LogP contribution < -0.4 is 20.7 Å². The van der Waals surface area contributed by atoms with Gasteiger partial charge in [0.1, 0.15) is 11.6 Å². The lowest BCUT2D eigenvalue weighted by atomic mass is 10.0. The molecule has 0 fully saturated rings. The van der Waals surface area contributed by atoms with E-state index in [0.717, 1.165) is 16.8 Å². The summed E-state index contributed by atoms with van der Waals surface area (Å²) in [6.07, 6.45) is 1.98. The molecule has 1 amide bonds. The summed E-state index contributed by atoms with van der Waals surface area (Å²) in [5.74, 6) is -0.177. The Morgan fingerprint density at radius 3 is 2.50 bits per heavy atom. The molecule has 1 heterocycles. The molecule has 32 heavy (non-hydrogen) atoms. The Bertz CT molecular complexity index is 1200. The van der Waals surface area contributed by atoms with Gasteiger partial charge in [-0.1, -0.05) is 35.9 Å². The zero-order valence-electron chi connectivity index (χ0n) is 17.0. The summed E-state index contributed by atoms with van der Waals surface area (Å²) < 4.78 is 18.5. The van der Waals surface area contributed by atoms with Crippen LogP contribution in [-0.2, 0) is 0 Å². The van der Waals surface area contributed by atoms with Crippen molar-refractivity contribution in [2.45, 2.75) is 6.04 Å². The number of anilines is 1. The Labute approximate surface area is 195 Å². The van der Waals surface area contributed by atoms with Crippen molar-refractivity contribution < 1.29 is 13.9 Å². The van der Waals surface area contributed by atoms with Gasteiger partial charge in [0.05, 0.1) is 18.7 Å². The molecule has 0 aliphatic carbocycles. The van der Waals surface area contributed by atoms with Crippen molar-refractivity contribution in [3.63, 3.8) is 0 Å². The fraction of sp³-hybridized carbons (Fsp3) is 0.0833. The van der Waals surface area contributed by atoms with E-state index in [1.165, 1.54) is 19.2 Å². The van der Waals surface area contributed by atoms with Gasteiger partial charge in [-0.15, -0.1) is 0 Å². The third-order valence-electron chi connectivity index (χ3n) is 4.96. The van der Waals surface area contributed by atoms with E-state index in [9.17, 15) is 9.18 Å². The fourth-order valence-electron chi connectivity index (χ4n) is 3.36. The van der Waals surface area contributed by atoms with Gasteiger partial charge in [-0.2, -0.15) is 0 Å². The molecule has 0 aromatic heterocycles. The number of hydrogen-bond donors (Lipinski definition) is 3. The summed E-state index contributed by atoms with van der Waals surface area (Å²) >= 11 is 11.4. The zero-order valence-corrected chi connectivity index (χ0v) is 18.6. The van der Waals surface area contributed by atoms with Gasteiger partial charge in [0.15, 0.2) is 5.11 Å². The van der Waals surface area contributed by atoms with Gasteiger partial charge < -0.3 is 20.7 Å². The van der Waals surface area contributed by atoms with E-state index in [0.29, 0.717) is 27.1 Å². The number of halogens is 2. The van der Waals surface area contributed by atoms with Crippen molar-refractivity contribution >= 4 is 46.2 Å². The second-order valence-corrected chi connectivity index (χ2v) is 7.93. The average Bonchev–Trinajstić information content (AvgIpc) is 2.79. The van der Waals surface area contributed by atoms with Gasteiger partial charge in [0.2, 0.25) is 0 Å². The van der Waals surface area contributed by atoms with Crippen molar-refractivity contribution in [2.24, 2.45) is 0 Å².